The maximum absolute atomic E-state index is 12.5. The van der Waals surface area contributed by atoms with E-state index in [2.05, 4.69) is 0 Å². The van der Waals surface area contributed by atoms with Crippen molar-refractivity contribution in [1.82, 2.24) is 9.21 Å². The highest BCUT2D eigenvalue weighted by molar-refractivity contribution is 7.89. The first-order valence-corrected chi connectivity index (χ1v) is 9.37. The van der Waals surface area contributed by atoms with Crippen molar-refractivity contribution in [3.63, 3.8) is 0 Å². The number of hydrogen-bond acceptors (Lipinski definition) is 5. The quantitative estimate of drug-likeness (QED) is 0.734. The summed E-state index contributed by atoms with van der Waals surface area (Å²) in [6.07, 6.45) is 0.583. The molecule has 1 fully saturated rings. The third-order valence-electron chi connectivity index (χ3n) is 3.96. The van der Waals surface area contributed by atoms with Gasteiger partial charge in [0.1, 0.15) is 6.54 Å². The zero-order chi connectivity index (χ0) is 18.4. The molecule has 9 heteroatoms. The van der Waals surface area contributed by atoms with Gasteiger partial charge in [-0.3, -0.25) is 9.59 Å². The summed E-state index contributed by atoms with van der Waals surface area (Å²) in [5.74, 6) is -1.33. The first-order valence-electron chi connectivity index (χ1n) is 7.93. The van der Waals surface area contributed by atoms with Crippen molar-refractivity contribution < 1.29 is 27.9 Å². The van der Waals surface area contributed by atoms with E-state index in [0.29, 0.717) is 32.7 Å². The lowest BCUT2D eigenvalue weighted by molar-refractivity contribution is -0.143. The minimum absolute atomic E-state index is 0.166. The Morgan fingerprint density at radius 2 is 1.80 bits per heavy atom. The van der Waals surface area contributed by atoms with Crippen molar-refractivity contribution >= 4 is 21.9 Å². The van der Waals surface area contributed by atoms with Gasteiger partial charge in [0.25, 0.3) is 0 Å². The zero-order valence-corrected chi connectivity index (χ0v) is 14.9. The summed E-state index contributed by atoms with van der Waals surface area (Å²) in [6.45, 7) is 1.13. The summed E-state index contributed by atoms with van der Waals surface area (Å²) in [6, 6.07) is 6.42. The Labute approximate surface area is 147 Å². The van der Waals surface area contributed by atoms with Crippen LogP contribution in [0.25, 0.3) is 0 Å². The maximum atomic E-state index is 12.5. The van der Waals surface area contributed by atoms with E-state index in [9.17, 15) is 18.0 Å². The molecule has 0 aromatic heterocycles. The van der Waals surface area contributed by atoms with Crippen LogP contribution in [0.4, 0.5) is 0 Å². The Morgan fingerprint density at radius 3 is 2.36 bits per heavy atom. The molecule has 0 bridgehead atoms. The first kappa shape index (κ1) is 19.4. The predicted octanol–water partition coefficient (Wildman–Crippen LogP) is 0.183. The van der Waals surface area contributed by atoms with Gasteiger partial charge in [0.2, 0.25) is 15.9 Å². The predicted molar refractivity (Wildman–Crippen MR) is 89.6 cm³/mol. The Kier molecular flexibility index (Phi) is 6.51. The molecule has 1 aromatic rings. The highest BCUT2D eigenvalue weighted by atomic mass is 32.2. The Morgan fingerprint density at radius 1 is 1.20 bits per heavy atom. The molecule has 2 rings (SSSR count). The van der Waals surface area contributed by atoms with Gasteiger partial charge in [-0.05, 0) is 24.1 Å². The highest BCUT2D eigenvalue weighted by Crippen LogP contribution is 2.18. The Balaban J connectivity index is 1.95. The van der Waals surface area contributed by atoms with Gasteiger partial charge in [0, 0.05) is 26.6 Å². The van der Waals surface area contributed by atoms with E-state index in [-0.39, 0.29) is 23.8 Å². The summed E-state index contributed by atoms with van der Waals surface area (Å²) < 4.78 is 31.6. The fourth-order valence-electron chi connectivity index (χ4n) is 2.50. The third-order valence-corrected chi connectivity index (χ3v) is 5.87. The molecule has 1 aromatic carbocycles. The molecule has 25 heavy (non-hydrogen) atoms. The normalized spacial score (nSPS) is 15.7. The van der Waals surface area contributed by atoms with Crippen molar-refractivity contribution in [2.24, 2.45) is 0 Å². The first-order chi connectivity index (χ1) is 11.8. The van der Waals surface area contributed by atoms with Crippen LogP contribution in [0, 0.1) is 0 Å². The molecule has 0 atom stereocenters. The molecule has 0 spiro atoms. The number of likely N-dealkylation sites (N-methyl/N-ethyl adjacent to an activating group) is 1. The summed E-state index contributed by atoms with van der Waals surface area (Å²) in [7, 11) is -2.09. The van der Waals surface area contributed by atoms with E-state index < -0.39 is 16.0 Å². The van der Waals surface area contributed by atoms with E-state index in [4.69, 9.17) is 9.84 Å². The molecule has 0 unspecified atom stereocenters. The summed E-state index contributed by atoms with van der Waals surface area (Å²) in [4.78, 5) is 23.8. The summed E-state index contributed by atoms with van der Waals surface area (Å²) in [5.41, 5.74) is 0.818. The number of carbonyl (C=O) groups is 2. The molecule has 138 valence electrons. The molecular formula is C16H22N2O6S. The van der Waals surface area contributed by atoms with Crippen LogP contribution in [0.1, 0.15) is 12.0 Å². The lowest BCUT2D eigenvalue weighted by Gasteiger charge is -2.26. The van der Waals surface area contributed by atoms with Crippen molar-refractivity contribution in [2.45, 2.75) is 17.7 Å². The van der Waals surface area contributed by atoms with E-state index in [1.54, 1.807) is 12.1 Å². The lowest BCUT2D eigenvalue weighted by atomic mass is 10.1. The van der Waals surface area contributed by atoms with Crippen molar-refractivity contribution in [1.29, 1.82) is 0 Å². The number of aryl methyl sites for hydroxylation is 1. The average molecular weight is 370 g/mol. The van der Waals surface area contributed by atoms with Crippen LogP contribution in [-0.4, -0.2) is 74.5 Å². The van der Waals surface area contributed by atoms with Crippen LogP contribution in [0.5, 0.6) is 0 Å². The smallest absolute Gasteiger partial charge is 0.323 e. The minimum atomic E-state index is -3.52. The number of morpholine rings is 1. The van der Waals surface area contributed by atoms with Crippen LogP contribution in [0.3, 0.4) is 0 Å². The van der Waals surface area contributed by atoms with Crippen LogP contribution in [0.15, 0.2) is 29.2 Å². The number of carboxylic acid groups (broad SMARTS) is 1. The SMILES string of the molecule is CN(CC(=O)O)C(=O)CCc1ccc(S(=O)(=O)N2CCOCC2)cc1. The number of aliphatic carboxylic acids is 1. The minimum Gasteiger partial charge on any atom is -0.480 e. The Hall–Kier alpha value is -1.97. The van der Waals surface area contributed by atoms with Crippen LogP contribution in [-0.2, 0) is 30.8 Å². The molecule has 1 N–H and O–H groups in total. The van der Waals surface area contributed by atoms with Crippen LogP contribution >= 0.6 is 0 Å². The molecule has 1 heterocycles. The van der Waals surface area contributed by atoms with E-state index in [1.807, 2.05) is 0 Å². The molecule has 0 radical (unpaired) electrons. The second-order valence-electron chi connectivity index (χ2n) is 5.80. The molecule has 1 aliphatic rings. The highest BCUT2D eigenvalue weighted by Gasteiger charge is 2.26. The number of amides is 1. The van der Waals surface area contributed by atoms with Gasteiger partial charge in [-0.25, -0.2) is 8.42 Å². The number of carboxylic acids is 1. The number of nitrogens with zero attached hydrogens (tertiary/aromatic N) is 2. The fraction of sp³-hybridized carbons (Fsp3) is 0.500. The lowest BCUT2D eigenvalue weighted by Crippen LogP contribution is -2.40. The number of carbonyl (C=O) groups excluding carboxylic acids is 1. The van der Waals surface area contributed by atoms with E-state index in [1.165, 1.54) is 23.5 Å². The number of hydrogen-bond donors (Lipinski definition) is 1. The third kappa shape index (κ3) is 5.25. The molecule has 0 saturated carbocycles. The largest absolute Gasteiger partial charge is 0.480 e. The molecule has 1 saturated heterocycles. The standard InChI is InChI=1S/C16H22N2O6S/c1-17(12-16(20)21)15(19)7-4-13-2-5-14(6-3-13)25(22,23)18-8-10-24-11-9-18/h2-3,5-6H,4,7-12H2,1H3,(H,20,21). The fourth-order valence-corrected chi connectivity index (χ4v) is 3.91. The van der Waals surface area contributed by atoms with Crippen molar-refractivity contribution in [2.75, 3.05) is 39.9 Å². The Bertz CT molecular complexity index is 711. The molecule has 1 amide bonds. The zero-order valence-electron chi connectivity index (χ0n) is 14.1. The molecule has 8 nitrogen and oxygen atoms in total. The van der Waals surface area contributed by atoms with Crippen molar-refractivity contribution in [3.8, 4) is 0 Å². The van der Waals surface area contributed by atoms with E-state index >= 15 is 0 Å². The van der Waals surface area contributed by atoms with Gasteiger partial charge in [-0.2, -0.15) is 4.31 Å². The van der Waals surface area contributed by atoms with Gasteiger partial charge >= 0.3 is 5.97 Å². The topological polar surface area (TPSA) is 104 Å². The average Bonchev–Trinajstić information content (AvgIpc) is 2.60. The van der Waals surface area contributed by atoms with Crippen molar-refractivity contribution in [3.05, 3.63) is 29.8 Å². The molecular weight excluding hydrogens is 348 g/mol. The van der Waals surface area contributed by atoms with Gasteiger partial charge in [-0.1, -0.05) is 12.1 Å². The van der Waals surface area contributed by atoms with Gasteiger partial charge in [0.15, 0.2) is 0 Å². The maximum Gasteiger partial charge on any atom is 0.323 e. The van der Waals surface area contributed by atoms with E-state index in [0.717, 1.165) is 10.5 Å². The van der Waals surface area contributed by atoms with Gasteiger partial charge in [0.05, 0.1) is 18.1 Å². The number of sulfonamides is 1. The van der Waals surface area contributed by atoms with Gasteiger partial charge in [-0.15, -0.1) is 0 Å². The monoisotopic (exact) mass is 370 g/mol. The van der Waals surface area contributed by atoms with Crippen LogP contribution in [0.2, 0.25) is 0 Å². The summed E-state index contributed by atoms with van der Waals surface area (Å²) in [5, 5.41) is 8.67. The second-order valence-corrected chi connectivity index (χ2v) is 7.74. The number of ether oxygens (including phenoxy) is 1. The number of benzene rings is 1. The molecule has 0 aliphatic carbocycles. The molecule has 1 aliphatic heterocycles. The van der Waals surface area contributed by atoms with Crippen LogP contribution < -0.4 is 0 Å². The summed E-state index contributed by atoms with van der Waals surface area (Å²) >= 11 is 0. The second kappa shape index (κ2) is 8.41. The van der Waals surface area contributed by atoms with Gasteiger partial charge < -0.3 is 14.7 Å². The number of rotatable bonds is 7.